The maximum atomic E-state index is 10.5. The van der Waals surface area contributed by atoms with Gasteiger partial charge in [0.2, 0.25) is 0 Å². The number of aromatic nitrogens is 1. The molecule has 2 atom stereocenters. The Hall–Kier alpha value is -3.93. The second kappa shape index (κ2) is 9.02. The summed E-state index contributed by atoms with van der Waals surface area (Å²) in [6.45, 7) is 5.66. The fourth-order valence-corrected chi connectivity index (χ4v) is 5.09. The number of nitrogens with zero attached hydrogens (tertiary/aromatic N) is 7. The van der Waals surface area contributed by atoms with Crippen LogP contribution in [0.3, 0.4) is 0 Å². The molecule has 3 aromatic rings. The number of anilines is 2. The highest BCUT2D eigenvalue weighted by Gasteiger charge is 2.33. The Morgan fingerprint density at radius 2 is 1.86 bits per heavy atom. The highest BCUT2D eigenvalue weighted by Crippen LogP contribution is 2.34. The summed E-state index contributed by atoms with van der Waals surface area (Å²) in [5, 5.41) is 27.9. The second-order valence-electron chi connectivity index (χ2n) is 9.37. The molecule has 0 unspecified atom stereocenters. The first kappa shape index (κ1) is 22.8. The standard InChI is InChI=1S/C27H29N7O/c1-29-30-27-24-12-20(19-7-5-18(13-28)6-8-19)14-34(24)15-21-11-22(9-10-23(21)32(27)4)33-16-25(31(2)3)26(35)17-33/h5-12,14,25-26,35H,1,15-17H2,2-4H3/b30-27-/t25-,26-/m1/s1. The third kappa shape index (κ3) is 4.09. The van der Waals surface area contributed by atoms with Crippen molar-refractivity contribution in [1.29, 1.82) is 5.26 Å². The van der Waals surface area contributed by atoms with Crippen molar-refractivity contribution in [3.63, 3.8) is 0 Å². The topological polar surface area (TPSA) is 83.4 Å². The minimum atomic E-state index is -0.380. The van der Waals surface area contributed by atoms with Gasteiger partial charge in [-0.15, -0.1) is 5.10 Å². The van der Waals surface area contributed by atoms with Crippen molar-refractivity contribution in [2.75, 3.05) is 44.0 Å². The van der Waals surface area contributed by atoms with Crippen molar-refractivity contribution in [3.05, 3.63) is 71.5 Å². The molecular weight excluding hydrogens is 438 g/mol. The van der Waals surface area contributed by atoms with Crippen molar-refractivity contribution in [2.24, 2.45) is 10.2 Å². The van der Waals surface area contributed by atoms with E-state index in [4.69, 9.17) is 5.26 Å². The molecule has 0 amide bonds. The van der Waals surface area contributed by atoms with Crippen LogP contribution < -0.4 is 9.80 Å². The minimum absolute atomic E-state index is 0.111. The lowest BCUT2D eigenvalue weighted by Gasteiger charge is -2.24. The lowest BCUT2D eigenvalue weighted by Crippen LogP contribution is -2.38. The molecule has 0 aliphatic carbocycles. The number of hydrogen-bond donors (Lipinski definition) is 1. The zero-order valence-corrected chi connectivity index (χ0v) is 20.3. The van der Waals surface area contributed by atoms with E-state index in [1.165, 1.54) is 0 Å². The molecule has 35 heavy (non-hydrogen) atoms. The van der Waals surface area contributed by atoms with E-state index in [0.717, 1.165) is 46.1 Å². The molecule has 3 heterocycles. The third-order valence-corrected chi connectivity index (χ3v) is 7.01. The average molecular weight is 468 g/mol. The number of amidine groups is 1. The maximum absolute atomic E-state index is 10.5. The number of hydrogen-bond acceptors (Lipinski definition) is 6. The zero-order valence-electron chi connectivity index (χ0n) is 20.3. The summed E-state index contributed by atoms with van der Waals surface area (Å²) in [5.41, 5.74) is 6.98. The molecule has 2 aromatic carbocycles. The smallest absolute Gasteiger partial charge is 0.179 e. The van der Waals surface area contributed by atoms with E-state index in [2.05, 4.69) is 72.7 Å². The van der Waals surface area contributed by atoms with Crippen LogP contribution in [-0.2, 0) is 6.54 Å². The first-order valence-corrected chi connectivity index (χ1v) is 11.6. The Balaban J connectivity index is 1.54. The van der Waals surface area contributed by atoms with Crippen molar-refractivity contribution in [1.82, 2.24) is 9.47 Å². The first-order chi connectivity index (χ1) is 16.9. The van der Waals surface area contributed by atoms with E-state index < -0.39 is 0 Å². The Morgan fingerprint density at radius 1 is 1.09 bits per heavy atom. The fourth-order valence-electron chi connectivity index (χ4n) is 5.09. The molecule has 2 aliphatic rings. The summed E-state index contributed by atoms with van der Waals surface area (Å²) in [7, 11) is 6.02. The average Bonchev–Trinajstić information content (AvgIpc) is 3.43. The fraction of sp³-hybridized carbons (Fsp3) is 0.296. The molecule has 8 heteroatoms. The van der Waals surface area contributed by atoms with Gasteiger partial charge in [0, 0.05) is 56.5 Å². The molecule has 1 fully saturated rings. The lowest BCUT2D eigenvalue weighted by molar-refractivity contribution is 0.114. The van der Waals surface area contributed by atoms with Crippen LogP contribution in [0.5, 0.6) is 0 Å². The van der Waals surface area contributed by atoms with E-state index in [1.54, 1.807) is 0 Å². The molecule has 0 bridgehead atoms. The number of aliphatic hydroxyl groups excluding tert-OH is 1. The molecule has 0 saturated carbocycles. The van der Waals surface area contributed by atoms with Crippen molar-refractivity contribution in [2.45, 2.75) is 18.7 Å². The predicted octanol–water partition coefficient (Wildman–Crippen LogP) is 3.00. The molecular formula is C27H29N7O. The van der Waals surface area contributed by atoms with Gasteiger partial charge in [0.25, 0.3) is 0 Å². The van der Waals surface area contributed by atoms with Crippen molar-refractivity contribution in [3.8, 4) is 17.2 Å². The number of nitriles is 1. The van der Waals surface area contributed by atoms with Crippen LogP contribution in [0, 0.1) is 11.3 Å². The highest BCUT2D eigenvalue weighted by molar-refractivity contribution is 6.10. The summed E-state index contributed by atoms with van der Waals surface area (Å²) in [5.74, 6) is 0.718. The van der Waals surface area contributed by atoms with Gasteiger partial charge in [-0.05, 0) is 61.6 Å². The highest BCUT2D eigenvalue weighted by atomic mass is 16.3. The van der Waals surface area contributed by atoms with Crippen LogP contribution in [0.2, 0.25) is 0 Å². The summed E-state index contributed by atoms with van der Waals surface area (Å²) < 4.78 is 2.19. The van der Waals surface area contributed by atoms with E-state index >= 15 is 0 Å². The van der Waals surface area contributed by atoms with Crippen LogP contribution in [0.1, 0.15) is 16.8 Å². The van der Waals surface area contributed by atoms with Crippen LogP contribution in [0.15, 0.2) is 64.9 Å². The van der Waals surface area contributed by atoms with Gasteiger partial charge in [-0.25, -0.2) is 0 Å². The van der Waals surface area contributed by atoms with Gasteiger partial charge in [0.05, 0.1) is 29.5 Å². The van der Waals surface area contributed by atoms with Crippen LogP contribution >= 0.6 is 0 Å². The van der Waals surface area contributed by atoms with Gasteiger partial charge in [0.1, 0.15) is 0 Å². The number of β-amino-alcohol motifs (C(OH)–C–C–N with tert-alkyl or cyclic N) is 1. The molecule has 1 saturated heterocycles. The van der Waals surface area contributed by atoms with Gasteiger partial charge in [-0.1, -0.05) is 12.1 Å². The summed E-state index contributed by atoms with van der Waals surface area (Å²) in [6.07, 6.45) is 1.74. The van der Waals surface area contributed by atoms with Crippen LogP contribution in [0.4, 0.5) is 11.4 Å². The number of aliphatic hydroxyl groups is 1. The molecule has 1 aromatic heterocycles. The van der Waals surface area contributed by atoms with Gasteiger partial charge in [-0.3, -0.25) is 0 Å². The zero-order chi connectivity index (χ0) is 24.7. The molecule has 1 N–H and O–H groups in total. The summed E-state index contributed by atoms with van der Waals surface area (Å²) >= 11 is 0. The predicted molar refractivity (Wildman–Crippen MR) is 140 cm³/mol. The third-order valence-electron chi connectivity index (χ3n) is 7.01. The maximum Gasteiger partial charge on any atom is 0.179 e. The Labute approximate surface area is 205 Å². The summed E-state index contributed by atoms with van der Waals surface area (Å²) in [6, 6.07) is 18.4. The molecule has 0 radical (unpaired) electrons. The number of benzene rings is 2. The van der Waals surface area contributed by atoms with Gasteiger partial charge < -0.3 is 24.4 Å². The van der Waals surface area contributed by atoms with Crippen molar-refractivity contribution >= 4 is 23.9 Å². The van der Waals surface area contributed by atoms with Gasteiger partial charge in [-0.2, -0.15) is 10.4 Å². The van der Waals surface area contributed by atoms with Crippen LogP contribution in [-0.4, -0.2) is 73.5 Å². The molecule has 2 aliphatic heterocycles. The normalized spacial score (nSPS) is 20.5. The van der Waals surface area contributed by atoms with E-state index in [0.29, 0.717) is 18.7 Å². The molecule has 8 nitrogen and oxygen atoms in total. The number of rotatable bonds is 4. The Morgan fingerprint density at radius 3 is 2.51 bits per heavy atom. The van der Waals surface area contributed by atoms with Crippen LogP contribution in [0.25, 0.3) is 11.1 Å². The van der Waals surface area contributed by atoms with Gasteiger partial charge in [0.15, 0.2) is 5.84 Å². The van der Waals surface area contributed by atoms with E-state index in [1.807, 2.05) is 45.4 Å². The summed E-state index contributed by atoms with van der Waals surface area (Å²) in [4.78, 5) is 6.39. The SMILES string of the molecule is C=N/N=C1/c2cc(-c3ccc(C#N)cc3)cn2Cc2cc(N3C[C@@H](O)[C@H](N(C)C)C3)ccc2N1C. The monoisotopic (exact) mass is 467 g/mol. The second-order valence-corrected chi connectivity index (χ2v) is 9.37. The molecule has 0 spiro atoms. The molecule has 5 rings (SSSR count). The van der Waals surface area contributed by atoms with Crippen molar-refractivity contribution < 1.29 is 5.11 Å². The van der Waals surface area contributed by atoms with Gasteiger partial charge >= 0.3 is 0 Å². The van der Waals surface area contributed by atoms with E-state index in [-0.39, 0.29) is 12.1 Å². The molecule has 178 valence electrons. The first-order valence-electron chi connectivity index (χ1n) is 11.6. The lowest BCUT2D eigenvalue weighted by atomic mass is 10.1. The largest absolute Gasteiger partial charge is 0.390 e. The number of fused-ring (bicyclic) bond motifs is 2. The Kier molecular flexibility index (Phi) is 5.89. The number of likely N-dealkylation sites (N-methyl/N-ethyl adjacent to an activating group) is 1. The Bertz CT molecular complexity index is 1330. The van der Waals surface area contributed by atoms with E-state index in [9.17, 15) is 5.11 Å². The quantitative estimate of drug-likeness (QED) is 0.471. The minimum Gasteiger partial charge on any atom is -0.390 e.